The summed E-state index contributed by atoms with van der Waals surface area (Å²) in [5.41, 5.74) is 0.815. The average Bonchev–Trinajstić information content (AvgIpc) is 2.79. The second-order valence-corrected chi connectivity index (χ2v) is 6.52. The number of benzene rings is 1. The van der Waals surface area contributed by atoms with Crippen LogP contribution in [0.4, 0.5) is 0 Å². The summed E-state index contributed by atoms with van der Waals surface area (Å²) < 4.78 is 1.19. The minimum absolute atomic E-state index is 0.210. The highest BCUT2D eigenvalue weighted by atomic mass is 32.1. The molecule has 2 atom stereocenters. The molecule has 0 saturated heterocycles. The van der Waals surface area contributed by atoms with Gasteiger partial charge in [0.1, 0.15) is 0 Å². The lowest BCUT2D eigenvalue weighted by Gasteiger charge is -2.39. The molecule has 0 radical (unpaired) electrons. The van der Waals surface area contributed by atoms with Crippen LogP contribution in [0.1, 0.15) is 25.3 Å². The maximum atomic E-state index is 10.5. The molecule has 1 aromatic heterocycles. The van der Waals surface area contributed by atoms with Crippen molar-refractivity contribution < 1.29 is 5.11 Å². The zero-order valence-electron chi connectivity index (χ0n) is 12.1. The SMILES string of the molecule is CCC(C)(C(O)Cc1nc2ccccc2s1)N(C)C. The van der Waals surface area contributed by atoms with E-state index in [0.717, 1.165) is 16.9 Å². The van der Waals surface area contributed by atoms with E-state index in [4.69, 9.17) is 0 Å². The normalized spacial score (nSPS) is 16.7. The third kappa shape index (κ3) is 2.81. The van der Waals surface area contributed by atoms with Crippen LogP contribution in [-0.2, 0) is 6.42 Å². The standard InChI is InChI=1S/C15H22N2OS/c1-5-15(2,17(3)4)13(18)10-14-16-11-8-6-7-9-12(11)19-14/h6-9,13,18H,5,10H2,1-4H3. The molecule has 0 aliphatic rings. The first-order chi connectivity index (χ1) is 8.97. The smallest absolute Gasteiger partial charge is 0.0965 e. The predicted molar refractivity (Wildman–Crippen MR) is 81.7 cm³/mol. The molecule has 2 unspecified atom stereocenters. The lowest BCUT2D eigenvalue weighted by molar-refractivity contribution is 0.00301. The van der Waals surface area contributed by atoms with Crippen LogP contribution in [0.2, 0.25) is 0 Å². The molecule has 0 fully saturated rings. The monoisotopic (exact) mass is 278 g/mol. The Labute approximate surface area is 118 Å². The van der Waals surface area contributed by atoms with E-state index in [-0.39, 0.29) is 5.54 Å². The van der Waals surface area contributed by atoms with E-state index >= 15 is 0 Å². The fourth-order valence-electron chi connectivity index (χ4n) is 2.24. The summed E-state index contributed by atoms with van der Waals surface area (Å²) in [6.07, 6.45) is 1.11. The van der Waals surface area contributed by atoms with Gasteiger partial charge in [0.25, 0.3) is 0 Å². The summed E-state index contributed by atoms with van der Waals surface area (Å²) in [4.78, 5) is 6.70. The zero-order chi connectivity index (χ0) is 14.0. The first-order valence-electron chi connectivity index (χ1n) is 6.67. The van der Waals surface area contributed by atoms with Crippen LogP contribution in [0.15, 0.2) is 24.3 Å². The van der Waals surface area contributed by atoms with Crippen LogP contribution >= 0.6 is 11.3 Å². The average molecular weight is 278 g/mol. The van der Waals surface area contributed by atoms with Crippen LogP contribution in [0.25, 0.3) is 10.2 Å². The van der Waals surface area contributed by atoms with E-state index in [9.17, 15) is 5.11 Å². The van der Waals surface area contributed by atoms with E-state index in [1.54, 1.807) is 11.3 Å². The van der Waals surface area contributed by atoms with Gasteiger partial charge in [0, 0.05) is 12.0 Å². The fourth-order valence-corrected chi connectivity index (χ4v) is 3.25. The Hall–Kier alpha value is -0.970. The number of aliphatic hydroxyl groups is 1. The first kappa shape index (κ1) is 14.4. The van der Waals surface area contributed by atoms with Crippen molar-refractivity contribution in [3.63, 3.8) is 0 Å². The molecule has 1 heterocycles. The molecule has 4 heteroatoms. The number of hydrogen-bond donors (Lipinski definition) is 1. The maximum absolute atomic E-state index is 10.5. The molecule has 0 aliphatic heterocycles. The molecule has 0 aliphatic carbocycles. The van der Waals surface area contributed by atoms with Crippen molar-refractivity contribution in [2.24, 2.45) is 0 Å². The Balaban J connectivity index is 2.20. The summed E-state index contributed by atoms with van der Waals surface area (Å²) in [6.45, 7) is 4.21. The second-order valence-electron chi connectivity index (χ2n) is 5.40. The molecule has 1 aromatic carbocycles. The number of fused-ring (bicyclic) bond motifs is 1. The molecular weight excluding hydrogens is 256 g/mol. The second kappa shape index (κ2) is 5.57. The van der Waals surface area contributed by atoms with Crippen molar-refractivity contribution in [2.75, 3.05) is 14.1 Å². The molecule has 104 valence electrons. The van der Waals surface area contributed by atoms with Crippen LogP contribution in [0.5, 0.6) is 0 Å². The third-order valence-corrected chi connectivity index (χ3v) is 5.22. The van der Waals surface area contributed by atoms with E-state index in [1.165, 1.54) is 4.70 Å². The van der Waals surface area contributed by atoms with Gasteiger partial charge in [-0.05, 0) is 39.6 Å². The van der Waals surface area contributed by atoms with Gasteiger partial charge in [0.15, 0.2) is 0 Å². The van der Waals surface area contributed by atoms with Crippen molar-refractivity contribution in [3.8, 4) is 0 Å². The Bertz CT molecular complexity index is 519. The van der Waals surface area contributed by atoms with Crippen molar-refractivity contribution in [1.82, 2.24) is 9.88 Å². The molecule has 1 N–H and O–H groups in total. The van der Waals surface area contributed by atoms with Gasteiger partial charge in [-0.15, -0.1) is 11.3 Å². The van der Waals surface area contributed by atoms with E-state index in [2.05, 4.69) is 29.8 Å². The number of hydrogen-bond acceptors (Lipinski definition) is 4. The number of aliphatic hydroxyl groups excluding tert-OH is 1. The summed E-state index contributed by atoms with van der Waals surface area (Å²) in [5, 5.41) is 11.6. The summed E-state index contributed by atoms with van der Waals surface area (Å²) in [5.74, 6) is 0. The number of para-hydroxylation sites is 1. The van der Waals surface area contributed by atoms with Crippen molar-refractivity contribution in [2.45, 2.75) is 38.3 Å². The van der Waals surface area contributed by atoms with Gasteiger partial charge in [-0.2, -0.15) is 0 Å². The highest BCUT2D eigenvalue weighted by molar-refractivity contribution is 7.18. The third-order valence-electron chi connectivity index (χ3n) is 4.16. The van der Waals surface area contributed by atoms with Gasteiger partial charge < -0.3 is 10.0 Å². The number of likely N-dealkylation sites (N-methyl/N-ethyl adjacent to an activating group) is 1. The van der Waals surface area contributed by atoms with Crippen LogP contribution in [0.3, 0.4) is 0 Å². The summed E-state index contributed by atoms with van der Waals surface area (Å²) in [7, 11) is 4.04. The lowest BCUT2D eigenvalue weighted by atomic mass is 9.88. The highest BCUT2D eigenvalue weighted by Crippen LogP contribution is 2.27. The zero-order valence-corrected chi connectivity index (χ0v) is 12.9. The maximum Gasteiger partial charge on any atom is 0.0965 e. The number of nitrogens with zero attached hydrogens (tertiary/aromatic N) is 2. The topological polar surface area (TPSA) is 36.4 Å². The highest BCUT2D eigenvalue weighted by Gasteiger charge is 2.34. The molecule has 3 nitrogen and oxygen atoms in total. The molecular formula is C15H22N2OS. The Kier molecular flexibility index (Phi) is 4.23. The van der Waals surface area contributed by atoms with Gasteiger partial charge in [-0.25, -0.2) is 4.98 Å². The van der Waals surface area contributed by atoms with Crippen molar-refractivity contribution in [1.29, 1.82) is 0 Å². The predicted octanol–water partition coefficient (Wildman–Crippen LogP) is 2.93. The molecule has 2 aromatic rings. The Morgan fingerprint density at radius 1 is 1.37 bits per heavy atom. The van der Waals surface area contributed by atoms with Crippen LogP contribution in [0, 0.1) is 0 Å². The number of thiazole rings is 1. The summed E-state index contributed by atoms with van der Waals surface area (Å²) in [6, 6.07) is 8.12. The molecule has 0 spiro atoms. The van der Waals surface area contributed by atoms with Gasteiger partial charge in [0.05, 0.1) is 21.3 Å². The van der Waals surface area contributed by atoms with Gasteiger partial charge in [-0.3, -0.25) is 0 Å². The van der Waals surface area contributed by atoms with Crippen molar-refractivity contribution in [3.05, 3.63) is 29.3 Å². The van der Waals surface area contributed by atoms with Gasteiger partial charge in [0.2, 0.25) is 0 Å². The minimum Gasteiger partial charge on any atom is -0.391 e. The molecule has 0 amide bonds. The number of aromatic nitrogens is 1. The lowest BCUT2D eigenvalue weighted by Crippen LogP contribution is -2.51. The van der Waals surface area contributed by atoms with Gasteiger partial charge in [-0.1, -0.05) is 19.1 Å². The minimum atomic E-state index is -0.409. The molecule has 19 heavy (non-hydrogen) atoms. The Morgan fingerprint density at radius 2 is 2.05 bits per heavy atom. The quantitative estimate of drug-likeness (QED) is 0.913. The van der Waals surface area contributed by atoms with Gasteiger partial charge >= 0.3 is 0 Å². The van der Waals surface area contributed by atoms with E-state index in [0.29, 0.717) is 6.42 Å². The Morgan fingerprint density at radius 3 is 2.63 bits per heavy atom. The van der Waals surface area contributed by atoms with Crippen LogP contribution < -0.4 is 0 Å². The summed E-state index contributed by atoms with van der Waals surface area (Å²) >= 11 is 1.67. The molecule has 0 bridgehead atoms. The largest absolute Gasteiger partial charge is 0.391 e. The van der Waals surface area contributed by atoms with E-state index in [1.807, 2.05) is 32.3 Å². The number of rotatable bonds is 5. The fraction of sp³-hybridized carbons (Fsp3) is 0.533. The van der Waals surface area contributed by atoms with E-state index < -0.39 is 6.10 Å². The molecule has 0 saturated carbocycles. The van der Waals surface area contributed by atoms with Crippen LogP contribution in [-0.4, -0.2) is 40.7 Å². The first-order valence-corrected chi connectivity index (χ1v) is 7.49. The van der Waals surface area contributed by atoms with Crippen molar-refractivity contribution >= 4 is 21.6 Å². The molecule has 2 rings (SSSR count).